The SMILES string of the molecule is COc1cc2nccc(Oc3ccc(NC(=O)C4(C(=O)O)CC4)cc3F)c2cc1OS(=O)(=O)O. The number of benzene rings is 2. The first-order chi connectivity index (χ1) is 16.0. The van der Waals surface area contributed by atoms with Crippen LogP contribution in [0.15, 0.2) is 42.6 Å². The van der Waals surface area contributed by atoms with E-state index in [1.165, 1.54) is 43.6 Å². The van der Waals surface area contributed by atoms with Gasteiger partial charge in [-0.25, -0.2) is 4.39 Å². The summed E-state index contributed by atoms with van der Waals surface area (Å²) in [4.78, 5) is 27.6. The van der Waals surface area contributed by atoms with Crippen molar-refractivity contribution in [3.05, 3.63) is 48.4 Å². The number of ether oxygens (including phenoxy) is 2. The van der Waals surface area contributed by atoms with Crippen LogP contribution in [0.2, 0.25) is 0 Å². The van der Waals surface area contributed by atoms with E-state index in [9.17, 15) is 27.5 Å². The largest absolute Gasteiger partial charge is 0.493 e. The molecule has 3 N–H and O–H groups in total. The molecule has 4 rings (SSSR count). The predicted molar refractivity (Wildman–Crippen MR) is 115 cm³/mol. The highest BCUT2D eigenvalue weighted by Gasteiger charge is 2.57. The van der Waals surface area contributed by atoms with E-state index in [0.717, 1.165) is 6.07 Å². The molecule has 1 aromatic heterocycles. The second kappa shape index (κ2) is 8.43. The molecule has 1 aliphatic carbocycles. The van der Waals surface area contributed by atoms with Crippen LogP contribution in [-0.2, 0) is 20.0 Å². The number of pyridine rings is 1. The van der Waals surface area contributed by atoms with Gasteiger partial charge in [-0.2, -0.15) is 8.42 Å². The first kappa shape index (κ1) is 23.2. The number of carbonyl (C=O) groups excluding carboxylic acids is 1. The molecule has 0 atom stereocenters. The van der Waals surface area contributed by atoms with Crippen molar-refractivity contribution in [1.29, 1.82) is 0 Å². The number of rotatable bonds is 8. The van der Waals surface area contributed by atoms with Gasteiger partial charge in [0.15, 0.2) is 23.1 Å². The molecular weight excluding hydrogens is 475 g/mol. The van der Waals surface area contributed by atoms with Crippen molar-refractivity contribution in [3.8, 4) is 23.0 Å². The highest BCUT2D eigenvalue weighted by Crippen LogP contribution is 2.47. The Labute approximate surface area is 192 Å². The fourth-order valence-electron chi connectivity index (χ4n) is 3.25. The normalized spacial score (nSPS) is 14.3. The van der Waals surface area contributed by atoms with Gasteiger partial charge >= 0.3 is 16.4 Å². The van der Waals surface area contributed by atoms with Crippen molar-refractivity contribution in [2.24, 2.45) is 5.41 Å². The average molecular weight is 492 g/mol. The average Bonchev–Trinajstić information content (AvgIpc) is 3.57. The number of amides is 1. The summed E-state index contributed by atoms with van der Waals surface area (Å²) in [6.07, 6.45) is 1.79. The molecule has 13 heteroatoms. The Morgan fingerprint density at radius 2 is 1.82 bits per heavy atom. The van der Waals surface area contributed by atoms with Gasteiger partial charge in [-0.15, -0.1) is 0 Å². The van der Waals surface area contributed by atoms with Gasteiger partial charge < -0.3 is 24.1 Å². The summed E-state index contributed by atoms with van der Waals surface area (Å²) >= 11 is 0. The third-order valence-corrected chi connectivity index (χ3v) is 5.58. The van der Waals surface area contributed by atoms with Crippen LogP contribution in [0.4, 0.5) is 10.1 Å². The molecule has 0 unspecified atom stereocenters. The zero-order chi connectivity index (χ0) is 24.7. The van der Waals surface area contributed by atoms with E-state index in [2.05, 4.69) is 14.5 Å². The Bertz CT molecular complexity index is 1420. The predicted octanol–water partition coefficient (Wildman–Crippen LogP) is 3.16. The number of halogens is 1. The first-order valence-electron chi connectivity index (χ1n) is 9.68. The summed E-state index contributed by atoms with van der Waals surface area (Å²) in [6.45, 7) is 0. The number of carbonyl (C=O) groups is 2. The number of hydrogen-bond donors (Lipinski definition) is 3. The molecule has 1 amide bonds. The van der Waals surface area contributed by atoms with E-state index >= 15 is 0 Å². The molecule has 1 saturated carbocycles. The van der Waals surface area contributed by atoms with Crippen molar-refractivity contribution >= 4 is 38.9 Å². The summed E-state index contributed by atoms with van der Waals surface area (Å²) in [5.74, 6) is -3.36. The standard InChI is InChI=1S/C21H17FN2O9S/c1-31-17-10-14-12(9-18(17)33-34(28,29)30)15(4-7-23-14)32-16-3-2-11(8-13(16)22)24-19(25)21(5-6-21)20(26)27/h2-4,7-10H,5-6H2,1H3,(H,24,25)(H,26,27)(H,28,29,30). The molecule has 34 heavy (non-hydrogen) atoms. The number of nitrogens with one attached hydrogen (secondary N) is 1. The van der Waals surface area contributed by atoms with E-state index in [1.54, 1.807) is 0 Å². The molecule has 0 aliphatic heterocycles. The topological polar surface area (TPSA) is 161 Å². The molecule has 0 saturated heterocycles. The van der Waals surface area contributed by atoms with Crippen LogP contribution in [0.25, 0.3) is 10.9 Å². The lowest BCUT2D eigenvalue weighted by Crippen LogP contribution is -2.31. The van der Waals surface area contributed by atoms with Gasteiger partial charge in [0.1, 0.15) is 11.2 Å². The maximum atomic E-state index is 14.7. The molecule has 3 aromatic rings. The van der Waals surface area contributed by atoms with Crippen molar-refractivity contribution in [2.45, 2.75) is 12.8 Å². The molecule has 1 fully saturated rings. The smallest absolute Gasteiger partial charge is 0.446 e. The number of carboxylic acids is 1. The zero-order valence-corrected chi connectivity index (χ0v) is 18.3. The molecule has 2 aromatic carbocycles. The number of hydrogen-bond acceptors (Lipinski definition) is 8. The van der Waals surface area contributed by atoms with Crippen LogP contribution in [0.5, 0.6) is 23.0 Å². The number of aliphatic carboxylic acids is 1. The Hall–Kier alpha value is -3.97. The minimum atomic E-state index is -4.86. The van der Waals surface area contributed by atoms with Crippen LogP contribution >= 0.6 is 0 Å². The minimum absolute atomic E-state index is 0.0316. The highest BCUT2D eigenvalue weighted by molar-refractivity contribution is 7.81. The third kappa shape index (κ3) is 4.56. The lowest BCUT2D eigenvalue weighted by molar-refractivity contribution is -0.147. The highest BCUT2D eigenvalue weighted by atomic mass is 32.3. The molecule has 1 heterocycles. The number of aromatic nitrogens is 1. The molecule has 178 valence electrons. The number of fused-ring (bicyclic) bond motifs is 1. The maximum Gasteiger partial charge on any atom is 0.446 e. The van der Waals surface area contributed by atoms with Gasteiger partial charge in [-0.3, -0.25) is 19.1 Å². The van der Waals surface area contributed by atoms with Gasteiger partial charge in [-0.05, 0) is 37.1 Å². The first-order valence-corrected chi connectivity index (χ1v) is 11.0. The number of anilines is 1. The lowest BCUT2D eigenvalue weighted by atomic mass is 10.1. The quantitative estimate of drug-likeness (QED) is 0.315. The third-order valence-electron chi connectivity index (χ3n) is 5.19. The monoisotopic (exact) mass is 492 g/mol. The van der Waals surface area contributed by atoms with Gasteiger partial charge in [0.05, 0.1) is 12.6 Å². The Morgan fingerprint density at radius 1 is 1.09 bits per heavy atom. The summed E-state index contributed by atoms with van der Waals surface area (Å²) in [6, 6.07) is 7.48. The molecule has 11 nitrogen and oxygen atoms in total. The van der Waals surface area contributed by atoms with Crippen LogP contribution in [0, 0.1) is 11.2 Å². The molecule has 0 bridgehead atoms. The second-order valence-corrected chi connectivity index (χ2v) is 8.45. The Balaban J connectivity index is 1.62. The maximum absolute atomic E-state index is 14.7. The van der Waals surface area contributed by atoms with E-state index in [1.807, 2.05) is 0 Å². The summed E-state index contributed by atoms with van der Waals surface area (Å²) < 4.78 is 61.2. The summed E-state index contributed by atoms with van der Waals surface area (Å²) in [5, 5.41) is 11.8. The fourth-order valence-corrected chi connectivity index (χ4v) is 3.61. The number of carboxylic acid groups (broad SMARTS) is 1. The molecule has 0 spiro atoms. The van der Waals surface area contributed by atoms with Gasteiger partial charge in [-0.1, -0.05) is 0 Å². The molecule has 1 aliphatic rings. The second-order valence-electron chi connectivity index (χ2n) is 7.43. The zero-order valence-electron chi connectivity index (χ0n) is 17.4. The number of nitrogens with zero attached hydrogens (tertiary/aromatic N) is 1. The van der Waals surface area contributed by atoms with Gasteiger partial charge in [0.2, 0.25) is 5.91 Å². The molecule has 0 radical (unpaired) electrons. The van der Waals surface area contributed by atoms with Crippen LogP contribution < -0.4 is 19.0 Å². The molecular formula is C21H17FN2O9S. The van der Waals surface area contributed by atoms with Crippen molar-refractivity contribution in [1.82, 2.24) is 4.98 Å². The van der Waals surface area contributed by atoms with E-state index < -0.39 is 33.5 Å². The van der Waals surface area contributed by atoms with E-state index in [4.69, 9.17) is 14.0 Å². The van der Waals surface area contributed by atoms with Gasteiger partial charge in [0, 0.05) is 29.4 Å². The van der Waals surface area contributed by atoms with Crippen molar-refractivity contribution in [2.75, 3.05) is 12.4 Å². The van der Waals surface area contributed by atoms with Crippen molar-refractivity contribution in [3.63, 3.8) is 0 Å². The number of methoxy groups -OCH3 is 1. The van der Waals surface area contributed by atoms with Crippen molar-refractivity contribution < 1.29 is 45.7 Å². The summed E-state index contributed by atoms with van der Waals surface area (Å²) in [5.41, 5.74) is -1.13. The van der Waals surface area contributed by atoms with E-state index in [0.29, 0.717) is 5.52 Å². The Kier molecular flexibility index (Phi) is 5.75. The van der Waals surface area contributed by atoms with E-state index in [-0.39, 0.29) is 46.9 Å². The minimum Gasteiger partial charge on any atom is -0.493 e. The van der Waals surface area contributed by atoms with Crippen LogP contribution in [0.3, 0.4) is 0 Å². The summed E-state index contributed by atoms with van der Waals surface area (Å²) in [7, 11) is -3.60. The van der Waals surface area contributed by atoms with Crippen LogP contribution in [-0.4, -0.2) is 42.0 Å². The fraction of sp³-hybridized carbons (Fsp3) is 0.190. The van der Waals surface area contributed by atoms with Gasteiger partial charge in [0.25, 0.3) is 0 Å². The lowest BCUT2D eigenvalue weighted by Gasteiger charge is -2.14. The Morgan fingerprint density at radius 3 is 2.41 bits per heavy atom. The van der Waals surface area contributed by atoms with Crippen LogP contribution in [0.1, 0.15) is 12.8 Å².